The van der Waals surface area contributed by atoms with Crippen LogP contribution >= 0.6 is 0 Å². The highest BCUT2D eigenvalue weighted by Gasteiger charge is 2.36. The Labute approximate surface area is 255 Å². The molecule has 0 aliphatic carbocycles. The molecule has 0 aliphatic heterocycles. The monoisotopic (exact) mass is 623 g/mol. The zero-order valence-corrected chi connectivity index (χ0v) is 25.0. The summed E-state index contributed by atoms with van der Waals surface area (Å²) in [7, 11) is -3.08. The first-order chi connectivity index (χ1) is 20.9. The number of rotatable bonds is 11. The number of hydrogen-bond acceptors (Lipinski definition) is 4. The fourth-order valence-electron chi connectivity index (χ4n) is 4.70. The van der Waals surface area contributed by atoms with Gasteiger partial charge >= 0.3 is 6.18 Å². The summed E-state index contributed by atoms with van der Waals surface area (Å²) < 4.78 is 69.4. The number of nitrogens with zero attached hydrogens (tertiary/aromatic N) is 2. The normalized spacial score (nSPS) is 12.3. The molecule has 7 nitrogen and oxygen atoms in total. The van der Waals surface area contributed by atoms with Crippen molar-refractivity contribution in [2.75, 3.05) is 17.9 Å². The van der Waals surface area contributed by atoms with E-state index in [9.17, 15) is 31.2 Å². The van der Waals surface area contributed by atoms with Gasteiger partial charge in [-0.15, -0.1) is 0 Å². The third-order valence-electron chi connectivity index (χ3n) is 7.06. The van der Waals surface area contributed by atoms with Crippen molar-refractivity contribution in [2.24, 2.45) is 0 Å². The second-order valence-corrected chi connectivity index (χ2v) is 12.1. The van der Waals surface area contributed by atoms with E-state index in [1.807, 2.05) is 25.1 Å². The summed E-state index contributed by atoms with van der Waals surface area (Å²) in [5.41, 5.74) is 1.01. The molecule has 0 heterocycles. The van der Waals surface area contributed by atoms with Crippen LogP contribution in [0.2, 0.25) is 0 Å². The lowest BCUT2D eigenvalue weighted by atomic mass is 10.0. The topological polar surface area (TPSA) is 86.8 Å². The van der Waals surface area contributed by atoms with Crippen molar-refractivity contribution in [2.45, 2.75) is 37.0 Å². The van der Waals surface area contributed by atoms with E-state index in [1.54, 1.807) is 42.5 Å². The zero-order chi connectivity index (χ0) is 31.9. The van der Waals surface area contributed by atoms with Gasteiger partial charge < -0.3 is 10.2 Å². The Bertz CT molecular complexity index is 1680. The summed E-state index contributed by atoms with van der Waals surface area (Å²) in [6.45, 7) is 0.995. The third-order valence-corrected chi connectivity index (χ3v) is 8.85. The van der Waals surface area contributed by atoms with Crippen LogP contribution in [0.5, 0.6) is 0 Å². The maximum absolute atomic E-state index is 14.2. The molecule has 0 spiro atoms. The van der Waals surface area contributed by atoms with E-state index in [-0.39, 0.29) is 23.5 Å². The number of alkyl halides is 3. The van der Waals surface area contributed by atoms with E-state index in [0.717, 1.165) is 23.3 Å². The number of carbonyl (C=O) groups excluding carboxylic acids is 2. The van der Waals surface area contributed by atoms with Crippen LogP contribution in [-0.2, 0) is 38.8 Å². The molecule has 0 radical (unpaired) electrons. The molecule has 44 heavy (non-hydrogen) atoms. The fourth-order valence-corrected chi connectivity index (χ4v) is 6.12. The number of hydrogen-bond donors (Lipinski definition) is 1. The second-order valence-electron chi connectivity index (χ2n) is 10.2. The van der Waals surface area contributed by atoms with Crippen molar-refractivity contribution in [1.82, 2.24) is 10.2 Å². The van der Waals surface area contributed by atoms with E-state index in [2.05, 4.69) is 5.32 Å². The number of benzene rings is 4. The van der Waals surface area contributed by atoms with Crippen molar-refractivity contribution in [1.29, 1.82) is 0 Å². The predicted octanol–water partition coefficient (Wildman–Crippen LogP) is 5.60. The molecule has 0 aromatic heterocycles. The zero-order valence-electron chi connectivity index (χ0n) is 24.2. The van der Waals surface area contributed by atoms with Gasteiger partial charge in [-0.25, -0.2) is 8.42 Å². The van der Waals surface area contributed by atoms with Gasteiger partial charge in [-0.2, -0.15) is 13.2 Å². The Balaban J connectivity index is 1.81. The predicted molar refractivity (Wildman–Crippen MR) is 162 cm³/mol. The molecule has 0 bridgehead atoms. The van der Waals surface area contributed by atoms with Crippen molar-refractivity contribution in [3.05, 3.63) is 131 Å². The molecule has 4 aromatic rings. The van der Waals surface area contributed by atoms with Crippen molar-refractivity contribution in [3.63, 3.8) is 0 Å². The number of sulfonamides is 1. The molecule has 11 heteroatoms. The van der Waals surface area contributed by atoms with Crippen molar-refractivity contribution in [3.8, 4) is 0 Å². The lowest BCUT2D eigenvalue weighted by molar-refractivity contribution is -0.139. The number of halogens is 3. The van der Waals surface area contributed by atoms with Gasteiger partial charge in [-0.05, 0) is 48.4 Å². The molecule has 0 unspecified atom stereocenters. The highest BCUT2D eigenvalue weighted by Crippen LogP contribution is 2.33. The van der Waals surface area contributed by atoms with Crippen LogP contribution in [0.15, 0.2) is 114 Å². The Kier molecular flexibility index (Phi) is 10.1. The van der Waals surface area contributed by atoms with Gasteiger partial charge in [0.2, 0.25) is 11.8 Å². The maximum Gasteiger partial charge on any atom is 0.416 e. The number of anilines is 1. The van der Waals surface area contributed by atoms with Crippen molar-refractivity contribution >= 4 is 27.5 Å². The van der Waals surface area contributed by atoms with Crippen LogP contribution < -0.4 is 9.62 Å². The molecule has 2 amide bonds. The molecule has 1 atom stereocenters. The van der Waals surface area contributed by atoms with Crippen LogP contribution in [0, 0.1) is 6.92 Å². The van der Waals surface area contributed by atoms with Crippen LogP contribution in [0.25, 0.3) is 0 Å². The Morgan fingerprint density at radius 1 is 0.818 bits per heavy atom. The molecule has 4 rings (SSSR count). The van der Waals surface area contributed by atoms with Gasteiger partial charge in [-0.1, -0.05) is 84.4 Å². The molecule has 230 valence electrons. The molecule has 0 saturated heterocycles. The van der Waals surface area contributed by atoms with E-state index in [1.165, 1.54) is 42.3 Å². The summed E-state index contributed by atoms with van der Waals surface area (Å²) in [5.74, 6) is -1.25. The van der Waals surface area contributed by atoms with Gasteiger partial charge in [0, 0.05) is 20.0 Å². The molecular weight excluding hydrogens is 591 g/mol. The number of likely N-dealkylation sites (N-methyl/N-ethyl adjacent to an activating group) is 1. The lowest BCUT2D eigenvalue weighted by Crippen LogP contribution is -2.53. The summed E-state index contributed by atoms with van der Waals surface area (Å²) in [6.07, 6.45) is -4.63. The summed E-state index contributed by atoms with van der Waals surface area (Å²) >= 11 is 0. The van der Waals surface area contributed by atoms with E-state index < -0.39 is 46.2 Å². The molecular formula is C33H32F3N3O4S. The van der Waals surface area contributed by atoms with Crippen molar-refractivity contribution < 1.29 is 31.2 Å². The van der Waals surface area contributed by atoms with E-state index in [4.69, 9.17) is 0 Å². The van der Waals surface area contributed by atoms with E-state index >= 15 is 0 Å². The van der Waals surface area contributed by atoms with Crippen LogP contribution in [0.1, 0.15) is 22.3 Å². The first-order valence-electron chi connectivity index (χ1n) is 13.8. The largest absolute Gasteiger partial charge is 0.416 e. The fraction of sp³-hybridized carbons (Fsp3) is 0.212. The summed E-state index contributed by atoms with van der Waals surface area (Å²) in [4.78, 5) is 28.6. The Hall–Kier alpha value is -4.64. The first kappa shape index (κ1) is 32.3. The molecule has 0 fully saturated rings. The molecule has 0 saturated carbocycles. The standard InChI is InChI=1S/C33H32F3N3O4S/c1-24-16-18-26(19-17-24)22-38(30(32(41)37-2)20-25-10-5-3-6-11-25)31(40)23-39(44(42,43)29-14-7-4-8-15-29)28-13-9-12-27(21-28)33(34,35)36/h3-19,21,30H,20,22-23H2,1-2H3,(H,37,41)/t30-/m0/s1. The average molecular weight is 624 g/mol. The number of amides is 2. The van der Waals surface area contributed by atoms with Crippen LogP contribution in [0.4, 0.5) is 18.9 Å². The number of aryl methyl sites for hydroxylation is 1. The van der Waals surface area contributed by atoms with Gasteiger partial charge in [-0.3, -0.25) is 13.9 Å². The third kappa shape index (κ3) is 7.84. The summed E-state index contributed by atoms with van der Waals surface area (Å²) in [5, 5.41) is 2.59. The molecule has 1 N–H and O–H groups in total. The Morgan fingerprint density at radius 2 is 1.43 bits per heavy atom. The van der Waals surface area contributed by atoms with Gasteiger partial charge in [0.05, 0.1) is 16.1 Å². The van der Waals surface area contributed by atoms with Crippen LogP contribution in [-0.4, -0.2) is 44.8 Å². The number of carbonyl (C=O) groups is 2. The van der Waals surface area contributed by atoms with Crippen LogP contribution in [0.3, 0.4) is 0 Å². The lowest BCUT2D eigenvalue weighted by Gasteiger charge is -2.33. The maximum atomic E-state index is 14.2. The van der Waals surface area contributed by atoms with Gasteiger partial charge in [0.1, 0.15) is 12.6 Å². The summed E-state index contributed by atoms with van der Waals surface area (Å²) in [6, 6.07) is 26.2. The second kappa shape index (κ2) is 13.8. The molecule has 0 aliphatic rings. The average Bonchev–Trinajstić information content (AvgIpc) is 3.02. The van der Waals surface area contributed by atoms with Gasteiger partial charge in [0.25, 0.3) is 10.0 Å². The highest BCUT2D eigenvalue weighted by atomic mass is 32.2. The minimum Gasteiger partial charge on any atom is -0.357 e. The minimum absolute atomic E-state index is 0.0498. The van der Waals surface area contributed by atoms with Gasteiger partial charge in [0.15, 0.2) is 0 Å². The molecule has 4 aromatic carbocycles. The Morgan fingerprint density at radius 3 is 2.02 bits per heavy atom. The highest BCUT2D eigenvalue weighted by molar-refractivity contribution is 7.92. The smallest absolute Gasteiger partial charge is 0.357 e. The van der Waals surface area contributed by atoms with E-state index in [0.29, 0.717) is 15.9 Å². The first-order valence-corrected chi connectivity index (χ1v) is 15.2. The SMILES string of the molecule is CNC(=O)[C@H](Cc1ccccc1)N(Cc1ccc(C)cc1)C(=O)CN(c1cccc(C(F)(F)F)c1)S(=O)(=O)c1ccccc1. The minimum atomic E-state index is -4.75. The number of nitrogens with one attached hydrogen (secondary N) is 1. The quantitative estimate of drug-likeness (QED) is 0.236.